The van der Waals surface area contributed by atoms with Crippen molar-refractivity contribution in [2.24, 2.45) is 0 Å². The highest BCUT2D eigenvalue weighted by atomic mass is 31.2. The zero-order valence-corrected chi connectivity index (χ0v) is 5.67. The third-order valence-corrected chi connectivity index (χ3v) is 1.86. The summed E-state index contributed by atoms with van der Waals surface area (Å²) < 4.78 is 14.0. The van der Waals surface area contributed by atoms with Crippen LogP contribution in [0.5, 0.6) is 0 Å². The summed E-state index contributed by atoms with van der Waals surface area (Å²) in [4.78, 5) is 18.1. The van der Waals surface area contributed by atoms with Crippen LogP contribution >= 0.6 is 7.60 Å². The van der Waals surface area contributed by atoms with Crippen LogP contribution in [0.1, 0.15) is 6.92 Å². The molecular weight excluding hydrogens is 147 g/mol. The molecular formula is C3H7O5P. The molecule has 0 aromatic carbocycles. The van der Waals surface area contributed by atoms with Crippen LogP contribution in [0, 0.1) is 0 Å². The SMILES string of the molecule is CCP(=O)(O)OC(=O)O. The molecule has 0 bridgehead atoms. The van der Waals surface area contributed by atoms with Crippen LogP contribution in [-0.4, -0.2) is 22.3 Å². The fraction of sp³-hybridized carbons (Fsp3) is 0.667. The predicted molar refractivity (Wildman–Crippen MR) is 29.5 cm³/mol. The van der Waals surface area contributed by atoms with Gasteiger partial charge in [0.15, 0.2) is 0 Å². The summed E-state index contributed by atoms with van der Waals surface area (Å²) in [6.45, 7) is 1.36. The quantitative estimate of drug-likeness (QED) is 0.577. The Labute approximate surface area is 51.8 Å². The maximum atomic E-state index is 10.3. The lowest BCUT2D eigenvalue weighted by Gasteiger charge is -2.04. The van der Waals surface area contributed by atoms with E-state index in [0.717, 1.165) is 0 Å². The molecule has 0 rings (SSSR count). The van der Waals surface area contributed by atoms with E-state index in [1.807, 2.05) is 0 Å². The minimum absolute atomic E-state index is 0.195. The summed E-state index contributed by atoms with van der Waals surface area (Å²) in [5, 5.41) is 7.83. The zero-order valence-electron chi connectivity index (χ0n) is 4.77. The van der Waals surface area contributed by atoms with Gasteiger partial charge in [0, 0.05) is 0 Å². The van der Waals surface area contributed by atoms with Crippen molar-refractivity contribution < 1.29 is 23.9 Å². The van der Waals surface area contributed by atoms with E-state index in [1.165, 1.54) is 6.92 Å². The molecule has 0 aliphatic heterocycles. The topological polar surface area (TPSA) is 83.8 Å². The molecule has 0 spiro atoms. The van der Waals surface area contributed by atoms with E-state index in [1.54, 1.807) is 0 Å². The average molecular weight is 154 g/mol. The first kappa shape index (κ1) is 8.46. The molecule has 0 aromatic rings. The Morgan fingerprint density at radius 2 is 2.22 bits per heavy atom. The van der Waals surface area contributed by atoms with E-state index in [9.17, 15) is 9.36 Å². The van der Waals surface area contributed by atoms with Crippen LogP contribution in [0.15, 0.2) is 0 Å². The minimum atomic E-state index is -3.83. The maximum Gasteiger partial charge on any atom is 0.512 e. The van der Waals surface area contributed by atoms with Crippen molar-refractivity contribution in [1.82, 2.24) is 0 Å². The van der Waals surface area contributed by atoms with Crippen molar-refractivity contribution in [1.29, 1.82) is 0 Å². The average Bonchev–Trinajstić information content (AvgIpc) is 1.63. The number of rotatable bonds is 2. The molecule has 0 radical (unpaired) electrons. The fourth-order valence-electron chi connectivity index (χ4n) is 0.187. The highest BCUT2D eigenvalue weighted by molar-refractivity contribution is 7.53. The van der Waals surface area contributed by atoms with Gasteiger partial charge in [-0.25, -0.2) is 9.36 Å². The molecule has 0 aromatic heterocycles. The second-order valence-electron chi connectivity index (χ2n) is 1.31. The Hall–Kier alpha value is -0.540. The van der Waals surface area contributed by atoms with Gasteiger partial charge in [0.25, 0.3) is 0 Å². The smallest absolute Gasteiger partial charge is 0.449 e. The van der Waals surface area contributed by atoms with E-state index < -0.39 is 13.8 Å². The second-order valence-corrected chi connectivity index (χ2v) is 3.40. The number of carboxylic acid groups (broad SMARTS) is 1. The highest BCUT2D eigenvalue weighted by Crippen LogP contribution is 2.40. The van der Waals surface area contributed by atoms with Gasteiger partial charge in [0.1, 0.15) is 0 Å². The molecule has 1 unspecified atom stereocenters. The van der Waals surface area contributed by atoms with Crippen LogP contribution in [-0.2, 0) is 9.09 Å². The molecule has 6 heteroatoms. The number of hydrogen-bond donors (Lipinski definition) is 2. The van der Waals surface area contributed by atoms with Crippen molar-refractivity contribution in [3.63, 3.8) is 0 Å². The molecule has 9 heavy (non-hydrogen) atoms. The first-order chi connectivity index (χ1) is 3.98. The van der Waals surface area contributed by atoms with Gasteiger partial charge in [0.2, 0.25) is 0 Å². The molecule has 2 N–H and O–H groups in total. The summed E-state index contributed by atoms with van der Waals surface area (Å²) in [5.41, 5.74) is 0. The lowest BCUT2D eigenvalue weighted by molar-refractivity contribution is 0.139. The number of carbonyl (C=O) groups is 1. The van der Waals surface area contributed by atoms with Crippen molar-refractivity contribution in [3.05, 3.63) is 0 Å². The molecule has 0 aliphatic rings. The Balaban J connectivity index is 3.88. The van der Waals surface area contributed by atoms with Gasteiger partial charge >= 0.3 is 13.8 Å². The molecule has 0 heterocycles. The summed E-state index contributed by atoms with van der Waals surface area (Å²) in [7, 11) is -3.83. The maximum absolute atomic E-state index is 10.3. The predicted octanol–water partition coefficient (Wildman–Crippen LogP) is 0.886. The van der Waals surface area contributed by atoms with E-state index in [-0.39, 0.29) is 6.16 Å². The minimum Gasteiger partial charge on any atom is -0.449 e. The Bertz CT molecular complexity index is 152. The Morgan fingerprint density at radius 1 is 1.78 bits per heavy atom. The summed E-state index contributed by atoms with van der Waals surface area (Å²) in [6, 6.07) is 0. The Kier molecular flexibility index (Phi) is 2.67. The first-order valence-electron chi connectivity index (χ1n) is 2.22. The standard InChI is InChI=1S/C3H7O5P/c1-2-9(6,7)8-3(4)5/h2H2,1H3,(H,4,5)(H,6,7). The van der Waals surface area contributed by atoms with Gasteiger partial charge in [0.05, 0.1) is 6.16 Å². The lowest BCUT2D eigenvalue weighted by atomic mass is 11.0. The number of hydrogen-bond acceptors (Lipinski definition) is 3. The van der Waals surface area contributed by atoms with E-state index in [2.05, 4.69) is 4.52 Å². The third-order valence-electron chi connectivity index (χ3n) is 0.620. The molecule has 0 fully saturated rings. The lowest BCUT2D eigenvalue weighted by Crippen LogP contribution is -1.98. The van der Waals surface area contributed by atoms with Crippen LogP contribution in [0.4, 0.5) is 4.79 Å². The zero-order chi connectivity index (χ0) is 7.49. The highest BCUT2D eigenvalue weighted by Gasteiger charge is 2.19. The molecule has 5 nitrogen and oxygen atoms in total. The van der Waals surface area contributed by atoms with Crippen molar-refractivity contribution >= 4 is 13.8 Å². The fourth-order valence-corrected chi connectivity index (χ4v) is 0.560. The molecule has 0 aliphatic carbocycles. The largest absolute Gasteiger partial charge is 0.512 e. The molecule has 0 saturated carbocycles. The van der Waals surface area contributed by atoms with Gasteiger partial charge < -0.3 is 14.5 Å². The first-order valence-corrected chi connectivity index (χ1v) is 3.98. The van der Waals surface area contributed by atoms with Gasteiger partial charge in [-0.2, -0.15) is 0 Å². The summed E-state index contributed by atoms with van der Waals surface area (Å²) in [5.74, 6) is 0. The van der Waals surface area contributed by atoms with E-state index >= 15 is 0 Å². The van der Waals surface area contributed by atoms with E-state index in [0.29, 0.717) is 0 Å². The van der Waals surface area contributed by atoms with Crippen LogP contribution in [0.3, 0.4) is 0 Å². The van der Waals surface area contributed by atoms with Gasteiger partial charge in [-0.05, 0) is 0 Å². The van der Waals surface area contributed by atoms with Crippen molar-refractivity contribution in [3.8, 4) is 0 Å². The Morgan fingerprint density at radius 3 is 2.33 bits per heavy atom. The van der Waals surface area contributed by atoms with Crippen LogP contribution in [0.2, 0.25) is 0 Å². The van der Waals surface area contributed by atoms with Crippen LogP contribution in [0.25, 0.3) is 0 Å². The second kappa shape index (κ2) is 2.85. The van der Waals surface area contributed by atoms with Gasteiger partial charge in [-0.15, -0.1) is 0 Å². The van der Waals surface area contributed by atoms with Crippen molar-refractivity contribution in [2.75, 3.05) is 6.16 Å². The molecule has 1 atom stereocenters. The third kappa shape index (κ3) is 4.00. The van der Waals surface area contributed by atoms with Crippen molar-refractivity contribution in [2.45, 2.75) is 6.92 Å². The molecule has 0 amide bonds. The normalized spacial score (nSPS) is 16.2. The summed E-state index contributed by atoms with van der Waals surface area (Å²) >= 11 is 0. The van der Waals surface area contributed by atoms with Gasteiger partial charge in [-0.1, -0.05) is 6.92 Å². The molecule has 54 valence electrons. The van der Waals surface area contributed by atoms with Gasteiger partial charge in [-0.3, -0.25) is 0 Å². The monoisotopic (exact) mass is 154 g/mol. The molecule has 0 saturated heterocycles. The van der Waals surface area contributed by atoms with Crippen LogP contribution < -0.4 is 0 Å². The summed E-state index contributed by atoms with van der Waals surface area (Å²) in [6.07, 6.45) is -1.91. The van der Waals surface area contributed by atoms with E-state index in [4.69, 9.17) is 10.00 Å².